The molecule has 1 fully saturated rings. The maximum atomic E-state index is 5.47. The normalized spacial score (nSPS) is 21.0. The second-order valence-corrected chi connectivity index (χ2v) is 8.79. The standard InChI is InChI=1S/C23H27N5O/c1-23(2)13-20(26-19-7-8-24-18-6-4-3-5-16(18)19)17-15-25-22(27-21(17)14-23)28-9-11-29-12-10-28/h3-8,15,20H,9-14H2,1-2H3,(H,24,26)/t20-/m0/s1. The number of benzene rings is 1. The Morgan fingerprint density at radius 2 is 1.93 bits per heavy atom. The molecule has 29 heavy (non-hydrogen) atoms. The fourth-order valence-electron chi connectivity index (χ4n) is 4.49. The van der Waals surface area contributed by atoms with Crippen LogP contribution in [0.15, 0.2) is 42.7 Å². The van der Waals surface area contributed by atoms with E-state index >= 15 is 0 Å². The summed E-state index contributed by atoms with van der Waals surface area (Å²) in [5, 5.41) is 4.93. The van der Waals surface area contributed by atoms with Crippen LogP contribution >= 0.6 is 0 Å². The molecule has 0 saturated carbocycles. The molecule has 1 aromatic carbocycles. The highest BCUT2D eigenvalue weighted by Gasteiger charge is 2.34. The highest BCUT2D eigenvalue weighted by molar-refractivity contribution is 5.91. The molecule has 6 nitrogen and oxygen atoms in total. The van der Waals surface area contributed by atoms with Gasteiger partial charge in [-0.2, -0.15) is 0 Å². The Bertz CT molecular complexity index is 1020. The summed E-state index contributed by atoms with van der Waals surface area (Å²) in [5.41, 5.74) is 4.66. The van der Waals surface area contributed by atoms with Gasteiger partial charge in [-0.05, 0) is 30.4 Å². The van der Waals surface area contributed by atoms with Gasteiger partial charge in [-0.25, -0.2) is 9.97 Å². The van der Waals surface area contributed by atoms with E-state index in [-0.39, 0.29) is 11.5 Å². The Morgan fingerprint density at radius 3 is 2.79 bits per heavy atom. The Morgan fingerprint density at radius 1 is 1.10 bits per heavy atom. The van der Waals surface area contributed by atoms with Crippen LogP contribution in [-0.4, -0.2) is 41.3 Å². The maximum Gasteiger partial charge on any atom is 0.225 e. The summed E-state index contributed by atoms with van der Waals surface area (Å²) in [5.74, 6) is 0.831. The van der Waals surface area contributed by atoms with Crippen LogP contribution in [0.25, 0.3) is 10.9 Å². The SMILES string of the molecule is CC1(C)Cc2nc(N3CCOCC3)ncc2[C@@H](Nc2ccnc3ccccc23)C1. The highest BCUT2D eigenvalue weighted by atomic mass is 16.5. The molecular weight excluding hydrogens is 362 g/mol. The van der Waals surface area contributed by atoms with Gasteiger partial charge in [0.05, 0.1) is 30.5 Å². The van der Waals surface area contributed by atoms with Crippen molar-refractivity contribution in [1.82, 2.24) is 15.0 Å². The van der Waals surface area contributed by atoms with E-state index in [1.807, 2.05) is 18.5 Å². The van der Waals surface area contributed by atoms with Gasteiger partial charge in [-0.3, -0.25) is 4.98 Å². The van der Waals surface area contributed by atoms with Crippen molar-refractivity contribution in [2.75, 3.05) is 36.5 Å². The molecule has 1 N–H and O–H groups in total. The minimum absolute atomic E-state index is 0.171. The van der Waals surface area contributed by atoms with Crippen LogP contribution in [0.1, 0.15) is 37.6 Å². The molecule has 6 heteroatoms. The molecule has 0 unspecified atom stereocenters. The topological polar surface area (TPSA) is 63.2 Å². The van der Waals surface area contributed by atoms with Crippen LogP contribution < -0.4 is 10.2 Å². The number of hydrogen-bond acceptors (Lipinski definition) is 6. The first-order chi connectivity index (χ1) is 14.1. The van der Waals surface area contributed by atoms with Gasteiger partial charge in [0.25, 0.3) is 0 Å². The zero-order valence-corrected chi connectivity index (χ0v) is 17.1. The number of morpholine rings is 1. The van der Waals surface area contributed by atoms with Crippen LogP contribution in [0.4, 0.5) is 11.6 Å². The second-order valence-electron chi connectivity index (χ2n) is 8.79. The minimum atomic E-state index is 0.171. The number of para-hydroxylation sites is 1. The number of ether oxygens (including phenoxy) is 1. The van der Waals surface area contributed by atoms with Gasteiger partial charge in [-0.15, -0.1) is 0 Å². The largest absolute Gasteiger partial charge is 0.378 e. The third kappa shape index (κ3) is 3.65. The molecule has 1 aliphatic carbocycles. The summed E-state index contributed by atoms with van der Waals surface area (Å²) in [6, 6.07) is 10.5. The van der Waals surface area contributed by atoms with Gasteiger partial charge in [0.15, 0.2) is 0 Å². The molecule has 0 bridgehead atoms. The predicted octanol–water partition coefficient (Wildman–Crippen LogP) is 3.99. The predicted molar refractivity (Wildman–Crippen MR) is 115 cm³/mol. The summed E-state index contributed by atoms with van der Waals surface area (Å²) in [6.45, 7) is 7.84. The number of aromatic nitrogens is 3. The first-order valence-electron chi connectivity index (χ1n) is 10.4. The average molecular weight is 390 g/mol. The molecule has 5 rings (SSSR count). The quantitative estimate of drug-likeness (QED) is 0.731. The van der Waals surface area contributed by atoms with Crippen LogP contribution in [0, 0.1) is 5.41 Å². The van der Waals surface area contributed by atoms with Crippen molar-refractivity contribution in [2.45, 2.75) is 32.7 Å². The number of pyridine rings is 1. The molecule has 2 aromatic heterocycles. The lowest BCUT2D eigenvalue weighted by molar-refractivity contribution is 0.122. The molecular formula is C23H27N5O. The van der Waals surface area contributed by atoms with Gasteiger partial charge < -0.3 is 15.0 Å². The van der Waals surface area contributed by atoms with E-state index < -0.39 is 0 Å². The minimum Gasteiger partial charge on any atom is -0.378 e. The number of hydrogen-bond donors (Lipinski definition) is 1. The Kier molecular flexibility index (Phi) is 4.59. The summed E-state index contributed by atoms with van der Waals surface area (Å²) < 4.78 is 5.47. The zero-order chi connectivity index (χ0) is 19.8. The van der Waals surface area contributed by atoms with Crippen molar-refractivity contribution in [1.29, 1.82) is 0 Å². The van der Waals surface area contributed by atoms with Crippen LogP contribution in [0.5, 0.6) is 0 Å². The molecule has 1 aliphatic heterocycles. The van der Waals surface area contributed by atoms with Crippen LogP contribution in [-0.2, 0) is 11.2 Å². The van der Waals surface area contributed by atoms with Crippen molar-refractivity contribution in [3.05, 3.63) is 54.0 Å². The van der Waals surface area contributed by atoms with Crippen LogP contribution in [0.3, 0.4) is 0 Å². The molecule has 0 spiro atoms. The molecule has 1 saturated heterocycles. The van der Waals surface area contributed by atoms with Gasteiger partial charge in [-0.1, -0.05) is 32.0 Å². The Labute approximate surface area is 171 Å². The molecule has 2 aliphatic rings. The number of nitrogens with one attached hydrogen (secondary N) is 1. The number of rotatable bonds is 3. The lowest BCUT2D eigenvalue weighted by Crippen LogP contribution is -2.38. The van der Waals surface area contributed by atoms with Crippen molar-refractivity contribution in [2.24, 2.45) is 5.41 Å². The Hall–Kier alpha value is -2.73. The third-order valence-electron chi connectivity index (χ3n) is 5.94. The monoisotopic (exact) mass is 389 g/mol. The number of anilines is 2. The zero-order valence-electron chi connectivity index (χ0n) is 17.1. The van der Waals surface area contributed by atoms with E-state index in [0.29, 0.717) is 0 Å². The number of fused-ring (bicyclic) bond motifs is 2. The molecule has 0 radical (unpaired) electrons. The first kappa shape index (κ1) is 18.3. The first-order valence-corrected chi connectivity index (χ1v) is 10.4. The second kappa shape index (κ2) is 7.26. The molecule has 0 amide bonds. The van der Waals surface area contributed by atoms with E-state index in [4.69, 9.17) is 14.7 Å². The lowest BCUT2D eigenvalue weighted by atomic mass is 9.74. The van der Waals surface area contributed by atoms with E-state index in [0.717, 1.165) is 67.4 Å². The summed E-state index contributed by atoms with van der Waals surface area (Å²) in [7, 11) is 0. The van der Waals surface area contributed by atoms with Crippen molar-refractivity contribution >= 4 is 22.5 Å². The molecule has 3 heterocycles. The smallest absolute Gasteiger partial charge is 0.225 e. The van der Waals surface area contributed by atoms with E-state index in [1.54, 1.807) is 0 Å². The maximum absolute atomic E-state index is 5.47. The highest BCUT2D eigenvalue weighted by Crippen LogP contribution is 2.42. The molecule has 1 atom stereocenters. The average Bonchev–Trinajstić information content (AvgIpc) is 2.73. The summed E-state index contributed by atoms with van der Waals surface area (Å²) in [4.78, 5) is 16.4. The lowest BCUT2D eigenvalue weighted by Gasteiger charge is -2.37. The fourth-order valence-corrected chi connectivity index (χ4v) is 4.49. The summed E-state index contributed by atoms with van der Waals surface area (Å²) in [6.07, 6.45) is 5.91. The van der Waals surface area contributed by atoms with Crippen molar-refractivity contribution in [3.63, 3.8) is 0 Å². The molecule has 3 aromatic rings. The van der Waals surface area contributed by atoms with E-state index in [9.17, 15) is 0 Å². The van der Waals surface area contributed by atoms with E-state index in [2.05, 4.69) is 53.3 Å². The van der Waals surface area contributed by atoms with Gasteiger partial charge in [0, 0.05) is 42.1 Å². The van der Waals surface area contributed by atoms with Gasteiger partial charge in [0.1, 0.15) is 0 Å². The Balaban J connectivity index is 1.49. The van der Waals surface area contributed by atoms with Crippen molar-refractivity contribution < 1.29 is 4.74 Å². The van der Waals surface area contributed by atoms with Gasteiger partial charge >= 0.3 is 0 Å². The van der Waals surface area contributed by atoms with Crippen molar-refractivity contribution in [3.8, 4) is 0 Å². The summed E-state index contributed by atoms with van der Waals surface area (Å²) >= 11 is 0. The fraction of sp³-hybridized carbons (Fsp3) is 0.435. The third-order valence-corrected chi connectivity index (χ3v) is 5.94. The molecule has 150 valence electrons. The van der Waals surface area contributed by atoms with Gasteiger partial charge in [0.2, 0.25) is 5.95 Å². The number of nitrogens with zero attached hydrogens (tertiary/aromatic N) is 4. The van der Waals surface area contributed by atoms with Crippen LogP contribution in [0.2, 0.25) is 0 Å². The van der Waals surface area contributed by atoms with E-state index in [1.165, 1.54) is 5.56 Å².